The van der Waals surface area contributed by atoms with Gasteiger partial charge in [0.25, 0.3) is 5.91 Å². The van der Waals surface area contributed by atoms with Gasteiger partial charge in [-0.2, -0.15) is 0 Å². The summed E-state index contributed by atoms with van der Waals surface area (Å²) < 4.78 is 1.61. The van der Waals surface area contributed by atoms with Crippen LogP contribution in [-0.2, 0) is 0 Å². The van der Waals surface area contributed by atoms with Gasteiger partial charge in [-0.05, 0) is 56.2 Å². The van der Waals surface area contributed by atoms with E-state index in [4.69, 9.17) is 11.6 Å². The van der Waals surface area contributed by atoms with E-state index in [2.05, 4.69) is 26.6 Å². The van der Waals surface area contributed by atoms with Crippen LogP contribution in [0.15, 0.2) is 48.5 Å². The monoisotopic (exact) mass is 381 g/mol. The molecule has 0 spiro atoms. The zero-order valence-corrected chi connectivity index (χ0v) is 15.8. The summed E-state index contributed by atoms with van der Waals surface area (Å²) in [6.07, 6.45) is 2.42. The standard InChI is InChI=1S/C20H20ClN5O/c1-14-19(23-24-26(14)18-9-4-6-15(21)12-18)20(27)22-16-7-5-8-17(13-16)25-10-2-3-11-25/h4-9,12-13H,2-3,10-11H2,1H3,(H,22,27). The number of rotatable bonds is 4. The molecule has 6 nitrogen and oxygen atoms in total. The maximum absolute atomic E-state index is 12.7. The van der Waals surface area contributed by atoms with Gasteiger partial charge in [-0.1, -0.05) is 28.9 Å². The molecule has 0 aliphatic carbocycles. The fraction of sp³-hybridized carbons (Fsp3) is 0.250. The molecule has 27 heavy (non-hydrogen) atoms. The van der Waals surface area contributed by atoms with Gasteiger partial charge in [0.2, 0.25) is 0 Å². The SMILES string of the molecule is Cc1c(C(=O)Nc2cccc(N3CCCC3)c2)nnn1-c1cccc(Cl)c1. The molecule has 1 aliphatic heterocycles. The van der Waals surface area contributed by atoms with Crippen LogP contribution in [-0.4, -0.2) is 34.0 Å². The molecule has 2 heterocycles. The van der Waals surface area contributed by atoms with Crippen molar-refractivity contribution in [2.24, 2.45) is 0 Å². The number of benzene rings is 2. The van der Waals surface area contributed by atoms with Gasteiger partial charge in [0.1, 0.15) is 0 Å². The van der Waals surface area contributed by atoms with Gasteiger partial charge < -0.3 is 10.2 Å². The number of aromatic nitrogens is 3. The first kappa shape index (κ1) is 17.5. The molecule has 0 unspecified atom stereocenters. The number of anilines is 2. The van der Waals surface area contributed by atoms with Crippen LogP contribution in [0.1, 0.15) is 29.0 Å². The Morgan fingerprint density at radius 2 is 1.81 bits per heavy atom. The highest BCUT2D eigenvalue weighted by molar-refractivity contribution is 6.30. The van der Waals surface area contributed by atoms with Crippen LogP contribution >= 0.6 is 11.6 Å². The Kier molecular flexibility index (Phi) is 4.81. The molecule has 2 aromatic carbocycles. The average Bonchev–Trinajstić information content (AvgIpc) is 3.32. The summed E-state index contributed by atoms with van der Waals surface area (Å²) in [5.41, 5.74) is 3.60. The molecule has 4 rings (SSSR count). The third-order valence-electron chi connectivity index (χ3n) is 4.74. The van der Waals surface area contributed by atoms with Crippen LogP contribution in [0.5, 0.6) is 0 Å². The Morgan fingerprint density at radius 3 is 2.59 bits per heavy atom. The largest absolute Gasteiger partial charge is 0.371 e. The summed E-state index contributed by atoms with van der Waals surface area (Å²) in [7, 11) is 0. The maximum atomic E-state index is 12.7. The lowest BCUT2D eigenvalue weighted by atomic mass is 10.2. The lowest BCUT2D eigenvalue weighted by molar-refractivity contribution is 0.102. The topological polar surface area (TPSA) is 63.1 Å². The van der Waals surface area contributed by atoms with Crippen molar-refractivity contribution in [2.75, 3.05) is 23.3 Å². The molecule has 0 bridgehead atoms. The number of carbonyl (C=O) groups is 1. The summed E-state index contributed by atoms with van der Waals surface area (Å²) in [5, 5.41) is 11.7. The van der Waals surface area contributed by atoms with Crippen LogP contribution in [0.3, 0.4) is 0 Å². The predicted molar refractivity (Wildman–Crippen MR) is 107 cm³/mol. The second kappa shape index (κ2) is 7.40. The third kappa shape index (κ3) is 3.66. The number of hydrogen-bond donors (Lipinski definition) is 1. The van der Waals surface area contributed by atoms with Crippen molar-refractivity contribution in [3.8, 4) is 5.69 Å². The van der Waals surface area contributed by atoms with Gasteiger partial charge in [0.15, 0.2) is 5.69 Å². The number of hydrogen-bond acceptors (Lipinski definition) is 4. The summed E-state index contributed by atoms with van der Waals surface area (Å²) in [6.45, 7) is 3.94. The number of amides is 1. The molecule has 138 valence electrons. The Bertz CT molecular complexity index is 978. The Labute approximate surface area is 162 Å². The minimum Gasteiger partial charge on any atom is -0.371 e. The van der Waals surface area contributed by atoms with Crippen molar-refractivity contribution in [1.29, 1.82) is 0 Å². The van der Waals surface area contributed by atoms with E-state index in [0.29, 0.717) is 16.4 Å². The molecule has 1 saturated heterocycles. The highest BCUT2D eigenvalue weighted by Gasteiger charge is 2.18. The van der Waals surface area contributed by atoms with Gasteiger partial charge in [-0.3, -0.25) is 4.79 Å². The summed E-state index contributed by atoms with van der Waals surface area (Å²) in [6, 6.07) is 15.2. The Hall–Kier alpha value is -2.86. The van der Waals surface area contributed by atoms with Crippen molar-refractivity contribution < 1.29 is 4.79 Å². The first-order valence-corrected chi connectivity index (χ1v) is 9.34. The van der Waals surface area contributed by atoms with E-state index in [9.17, 15) is 4.79 Å². The van der Waals surface area contributed by atoms with Crippen LogP contribution in [0, 0.1) is 6.92 Å². The Balaban J connectivity index is 1.55. The minimum absolute atomic E-state index is 0.278. The van der Waals surface area contributed by atoms with Crippen LogP contribution < -0.4 is 10.2 Å². The first-order valence-electron chi connectivity index (χ1n) is 8.96. The summed E-state index contributed by atoms with van der Waals surface area (Å²) in [4.78, 5) is 15.0. The molecule has 3 aromatic rings. The molecule has 1 N–H and O–H groups in total. The third-order valence-corrected chi connectivity index (χ3v) is 4.97. The van der Waals surface area contributed by atoms with E-state index >= 15 is 0 Å². The fourth-order valence-electron chi connectivity index (χ4n) is 3.34. The average molecular weight is 382 g/mol. The zero-order chi connectivity index (χ0) is 18.8. The van der Waals surface area contributed by atoms with Gasteiger partial charge >= 0.3 is 0 Å². The molecular weight excluding hydrogens is 362 g/mol. The minimum atomic E-state index is -0.278. The van der Waals surface area contributed by atoms with Gasteiger partial charge in [-0.15, -0.1) is 5.10 Å². The maximum Gasteiger partial charge on any atom is 0.278 e. The lowest BCUT2D eigenvalue weighted by Crippen LogP contribution is -2.18. The summed E-state index contributed by atoms with van der Waals surface area (Å²) in [5.74, 6) is -0.278. The van der Waals surface area contributed by atoms with Gasteiger partial charge in [0.05, 0.1) is 11.4 Å². The molecule has 7 heteroatoms. The van der Waals surface area contributed by atoms with Crippen LogP contribution in [0.4, 0.5) is 11.4 Å². The van der Waals surface area contributed by atoms with Gasteiger partial charge in [0, 0.05) is 29.5 Å². The lowest BCUT2D eigenvalue weighted by Gasteiger charge is -2.18. The first-order chi connectivity index (χ1) is 13.1. The molecule has 1 aliphatic rings. The number of carbonyl (C=O) groups excluding carboxylic acids is 1. The molecule has 1 amide bonds. The van der Waals surface area contributed by atoms with E-state index in [0.717, 1.165) is 30.2 Å². The highest BCUT2D eigenvalue weighted by atomic mass is 35.5. The molecule has 0 atom stereocenters. The van der Waals surface area contributed by atoms with Crippen molar-refractivity contribution in [3.05, 3.63) is 64.9 Å². The van der Waals surface area contributed by atoms with Crippen molar-refractivity contribution >= 4 is 28.9 Å². The van der Waals surface area contributed by atoms with Crippen molar-refractivity contribution in [2.45, 2.75) is 19.8 Å². The summed E-state index contributed by atoms with van der Waals surface area (Å²) >= 11 is 6.05. The number of halogens is 1. The second-order valence-corrected chi connectivity index (χ2v) is 7.05. The molecule has 1 fully saturated rings. The highest BCUT2D eigenvalue weighted by Crippen LogP contribution is 2.24. The molecule has 0 saturated carbocycles. The second-order valence-electron chi connectivity index (χ2n) is 6.61. The number of nitrogens with one attached hydrogen (secondary N) is 1. The smallest absolute Gasteiger partial charge is 0.278 e. The van der Waals surface area contributed by atoms with E-state index < -0.39 is 0 Å². The zero-order valence-electron chi connectivity index (χ0n) is 15.0. The fourth-order valence-corrected chi connectivity index (χ4v) is 3.52. The van der Waals surface area contributed by atoms with Crippen LogP contribution in [0.2, 0.25) is 5.02 Å². The quantitative estimate of drug-likeness (QED) is 0.739. The normalized spacial score (nSPS) is 13.8. The molecule has 0 radical (unpaired) electrons. The van der Waals surface area contributed by atoms with E-state index in [1.54, 1.807) is 16.8 Å². The van der Waals surface area contributed by atoms with Crippen molar-refractivity contribution in [3.63, 3.8) is 0 Å². The van der Waals surface area contributed by atoms with E-state index in [1.807, 2.05) is 37.3 Å². The van der Waals surface area contributed by atoms with E-state index in [-0.39, 0.29) is 5.91 Å². The Morgan fingerprint density at radius 1 is 1.07 bits per heavy atom. The van der Waals surface area contributed by atoms with Crippen LogP contribution in [0.25, 0.3) is 5.69 Å². The van der Waals surface area contributed by atoms with E-state index in [1.165, 1.54) is 12.8 Å². The molecule has 1 aromatic heterocycles. The molecular formula is C20H20ClN5O. The van der Waals surface area contributed by atoms with Crippen molar-refractivity contribution in [1.82, 2.24) is 15.0 Å². The van der Waals surface area contributed by atoms with Gasteiger partial charge in [-0.25, -0.2) is 4.68 Å². The predicted octanol–water partition coefficient (Wildman–Crippen LogP) is 4.08. The number of nitrogens with zero attached hydrogens (tertiary/aromatic N) is 4.